The summed E-state index contributed by atoms with van der Waals surface area (Å²) in [4.78, 5) is 19.1. The minimum Gasteiger partial charge on any atom is -0.486 e. The number of benzene rings is 3. The lowest BCUT2D eigenvalue weighted by molar-refractivity contribution is 0.171. The molecule has 4 aromatic rings. The number of rotatable bonds is 2. The molecule has 6 nitrogen and oxygen atoms in total. The number of hydrogen-bond acceptors (Lipinski definition) is 3. The van der Waals surface area contributed by atoms with E-state index >= 15 is 0 Å². The molecular weight excluding hydrogens is 414 g/mol. The van der Waals surface area contributed by atoms with E-state index in [0.717, 1.165) is 23.2 Å². The van der Waals surface area contributed by atoms with E-state index in [9.17, 15) is 4.79 Å². The molecule has 0 radical (unpaired) electrons. The molecule has 1 atom stereocenters. The number of anilines is 1. The fourth-order valence-corrected chi connectivity index (χ4v) is 4.87. The Morgan fingerprint density at radius 2 is 1.79 bits per heavy atom. The second-order valence-corrected chi connectivity index (χ2v) is 8.61. The van der Waals surface area contributed by atoms with E-state index in [1.807, 2.05) is 29.2 Å². The Labute approximate surface area is 192 Å². The van der Waals surface area contributed by atoms with Crippen molar-refractivity contribution < 1.29 is 14.3 Å². The third-order valence-corrected chi connectivity index (χ3v) is 6.48. The first-order chi connectivity index (χ1) is 16.2. The average Bonchev–Trinajstić information content (AvgIpc) is 3.23. The number of carbonyl (C=O) groups is 1. The van der Waals surface area contributed by atoms with Crippen molar-refractivity contribution in [3.05, 3.63) is 89.1 Å². The van der Waals surface area contributed by atoms with Crippen LogP contribution in [0.4, 0.5) is 10.5 Å². The van der Waals surface area contributed by atoms with Gasteiger partial charge < -0.3 is 24.7 Å². The maximum atomic E-state index is 13.5. The van der Waals surface area contributed by atoms with Crippen LogP contribution in [0.2, 0.25) is 0 Å². The largest absolute Gasteiger partial charge is 0.486 e. The number of carbonyl (C=O) groups excluding carboxylic acids is 1. The van der Waals surface area contributed by atoms with Gasteiger partial charge >= 0.3 is 6.03 Å². The van der Waals surface area contributed by atoms with Crippen LogP contribution >= 0.6 is 0 Å². The molecular formula is C27H25N3O3. The van der Waals surface area contributed by atoms with E-state index in [4.69, 9.17) is 9.47 Å². The first kappa shape index (κ1) is 19.7. The molecule has 1 unspecified atom stereocenters. The quantitative estimate of drug-likeness (QED) is 0.438. The van der Waals surface area contributed by atoms with Crippen LogP contribution in [0.3, 0.4) is 0 Å². The molecule has 6 heteroatoms. The van der Waals surface area contributed by atoms with E-state index in [-0.39, 0.29) is 12.1 Å². The molecule has 3 aromatic carbocycles. The van der Waals surface area contributed by atoms with Crippen molar-refractivity contribution in [1.29, 1.82) is 0 Å². The van der Waals surface area contributed by atoms with E-state index in [1.165, 1.54) is 16.5 Å². The Morgan fingerprint density at radius 1 is 1.00 bits per heavy atom. The Balaban J connectivity index is 1.37. The summed E-state index contributed by atoms with van der Waals surface area (Å²) in [6.45, 7) is 3.75. The van der Waals surface area contributed by atoms with E-state index in [1.54, 1.807) is 0 Å². The Hall–Kier alpha value is -3.93. The van der Waals surface area contributed by atoms with Gasteiger partial charge in [0.05, 0.1) is 6.04 Å². The predicted molar refractivity (Wildman–Crippen MR) is 128 cm³/mol. The molecule has 2 aliphatic rings. The van der Waals surface area contributed by atoms with Crippen molar-refractivity contribution in [2.24, 2.45) is 0 Å². The molecule has 1 aromatic heterocycles. The van der Waals surface area contributed by atoms with E-state index in [2.05, 4.69) is 59.7 Å². The lowest BCUT2D eigenvalue weighted by Gasteiger charge is -2.36. The fourth-order valence-electron chi connectivity index (χ4n) is 4.87. The van der Waals surface area contributed by atoms with Gasteiger partial charge in [0.25, 0.3) is 0 Å². The molecule has 0 bridgehead atoms. The second kappa shape index (κ2) is 7.89. The van der Waals surface area contributed by atoms with Gasteiger partial charge in [0.2, 0.25) is 0 Å². The van der Waals surface area contributed by atoms with E-state index in [0.29, 0.717) is 36.9 Å². The van der Waals surface area contributed by atoms with E-state index < -0.39 is 0 Å². The molecule has 0 aliphatic carbocycles. The number of fused-ring (bicyclic) bond motifs is 4. The third kappa shape index (κ3) is 3.48. The summed E-state index contributed by atoms with van der Waals surface area (Å²) in [6.07, 6.45) is 0.802. The standard InChI is InChI=1S/C27H25N3O3/c1-17-6-8-18(9-7-17)26-25-21(20-4-2-3-5-22(20)29-25)12-13-30(26)27(31)28-19-10-11-23-24(16-19)33-15-14-32-23/h2-11,16,26,29H,12-15H2,1H3,(H,28,31). The Bertz CT molecular complexity index is 1340. The van der Waals surface area contributed by atoms with Crippen molar-refractivity contribution in [3.8, 4) is 11.5 Å². The Morgan fingerprint density at radius 3 is 2.64 bits per heavy atom. The van der Waals surface area contributed by atoms with Gasteiger partial charge in [0.15, 0.2) is 11.5 Å². The molecule has 2 N–H and O–H groups in total. The zero-order chi connectivity index (χ0) is 22.4. The summed E-state index contributed by atoms with van der Waals surface area (Å²) in [7, 11) is 0. The highest BCUT2D eigenvalue weighted by Gasteiger charge is 2.34. The smallest absolute Gasteiger partial charge is 0.322 e. The number of hydrogen-bond donors (Lipinski definition) is 2. The van der Waals surface area contributed by atoms with Crippen LogP contribution in [0.1, 0.15) is 28.4 Å². The van der Waals surface area contributed by atoms with Crippen LogP contribution in [0.5, 0.6) is 11.5 Å². The molecule has 166 valence electrons. The minimum atomic E-state index is -0.195. The molecule has 6 rings (SSSR count). The molecule has 3 heterocycles. The lowest BCUT2D eigenvalue weighted by atomic mass is 9.92. The number of aryl methyl sites for hydroxylation is 1. The summed E-state index contributed by atoms with van der Waals surface area (Å²) in [5.41, 5.74) is 6.45. The highest BCUT2D eigenvalue weighted by Crippen LogP contribution is 2.39. The summed E-state index contributed by atoms with van der Waals surface area (Å²) in [6, 6.07) is 22.0. The van der Waals surface area contributed by atoms with Crippen LogP contribution in [0, 0.1) is 6.92 Å². The molecule has 0 fully saturated rings. The number of aromatic nitrogens is 1. The monoisotopic (exact) mass is 439 g/mol. The first-order valence-corrected chi connectivity index (χ1v) is 11.3. The molecule has 0 saturated carbocycles. The fraction of sp³-hybridized carbons (Fsp3) is 0.222. The van der Waals surface area contributed by atoms with Gasteiger partial charge in [0, 0.05) is 34.9 Å². The van der Waals surface area contributed by atoms with Gasteiger partial charge in [-0.05, 0) is 42.7 Å². The van der Waals surface area contributed by atoms with Crippen molar-refractivity contribution in [1.82, 2.24) is 9.88 Å². The number of para-hydroxylation sites is 1. The predicted octanol–water partition coefficient (Wildman–Crippen LogP) is 5.43. The SMILES string of the molecule is Cc1ccc(C2c3[nH]c4ccccc4c3CCN2C(=O)Nc2ccc3c(c2)OCCO3)cc1. The van der Waals surface area contributed by atoms with Gasteiger partial charge in [-0.1, -0.05) is 48.0 Å². The minimum absolute atomic E-state index is 0.137. The summed E-state index contributed by atoms with van der Waals surface area (Å²) in [5, 5.41) is 4.31. The maximum absolute atomic E-state index is 13.5. The lowest BCUT2D eigenvalue weighted by Crippen LogP contribution is -2.43. The summed E-state index contributed by atoms with van der Waals surface area (Å²) >= 11 is 0. The van der Waals surface area contributed by atoms with Crippen LogP contribution in [-0.4, -0.2) is 35.7 Å². The van der Waals surface area contributed by atoms with Crippen molar-refractivity contribution in [2.45, 2.75) is 19.4 Å². The van der Waals surface area contributed by atoms with Crippen molar-refractivity contribution in [3.63, 3.8) is 0 Å². The second-order valence-electron chi connectivity index (χ2n) is 8.61. The molecule has 0 saturated heterocycles. The maximum Gasteiger partial charge on any atom is 0.322 e. The highest BCUT2D eigenvalue weighted by atomic mass is 16.6. The number of amides is 2. The highest BCUT2D eigenvalue weighted by molar-refractivity contribution is 5.92. The van der Waals surface area contributed by atoms with Crippen LogP contribution in [0.15, 0.2) is 66.7 Å². The average molecular weight is 440 g/mol. The number of nitrogens with one attached hydrogen (secondary N) is 2. The molecule has 33 heavy (non-hydrogen) atoms. The number of urea groups is 1. The van der Waals surface area contributed by atoms with Crippen molar-refractivity contribution in [2.75, 3.05) is 25.1 Å². The van der Waals surface area contributed by atoms with Gasteiger partial charge in [-0.3, -0.25) is 0 Å². The summed E-state index contributed by atoms with van der Waals surface area (Å²) < 4.78 is 11.3. The molecule has 2 aliphatic heterocycles. The molecule has 2 amide bonds. The van der Waals surface area contributed by atoms with Gasteiger partial charge in [-0.2, -0.15) is 0 Å². The Kier molecular flexibility index (Phi) is 4.72. The first-order valence-electron chi connectivity index (χ1n) is 11.3. The van der Waals surface area contributed by atoms with Gasteiger partial charge in [0.1, 0.15) is 13.2 Å². The number of ether oxygens (including phenoxy) is 2. The number of nitrogens with zero attached hydrogens (tertiary/aromatic N) is 1. The topological polar surface area (TPSA) is 66.6 Å². The zero-order valence-electron chi connectivity index (χ0n) is 18.4. The van der Waals surface area contributed by atoms with Crippen molar-refractivity contribution >= 4 is 22.6 Å². The van der Waals surface area contributed by atoms with Crippen LogP contribution in [-0.2, 0) is 6.42 Å². The molecule has 0 spiro atoms. The normalized spacial score (nSPS) is 17.0. The third-order valence-electron chi connectivity index (χ3n) is 6.48. The van der Waals surface area contributed by atoms with Crippen LogP contribution < -0.4 is 14.8 Å². The van der Waals surface area contributed by atoms with Crippen LogP contribution in [0.25, 0.3) is 10.9 Å². The summed E-state index contributed by atoms with van der Waals surface area (Å²) in [5.74, 6) is 1.36. The van der Waals surface area contributed by atoms with Gasteiger partial charge in [-0.15, -0.1) is 0 Å². The number of aromatic amines is 1. The number of H-pyrrole nitrogens is 1. The van der Waals surface area contributed by atoms with Gasteiger partial charge in [-0.25, -0.2) is 4.79 Å². The zero-order valence-corrected chi connectivity index (χ0v) is 18.4.